The number of hydrogen-bond acceptors (Lipinski definition) is 5. The van der Waals surface area contributed by atoms with Gasteiger partial charge in [0, 0.05) is 50.6 Å². The summed E-state index contributed by atoms with van der Waals surface area (Å²) in [5.41, 5.74) is 5.47. The van der Waals surface area contributed by atoms with Crippen LogP contribution in [0.2, 0.25) is 0 Å². The number of thioether (sulfide) groups is 1. The normalized spacial score (nSPS) is 13.8. The molecule has 7 heteroatoms. The van der Waals surface area contributed by atoms with Crippen molar-refractivity contribution in [2.45, 2.75) is 37.7 Å². The highest BCUT2D eigenvalue weighted by atomic mass is 32.2. The second kappa shape index (κ2) is 11.2. The fraction of sp³-hybridized carbons (Fsp3) is 0.300. The molecule has 1 aliphatic rings. The van der Waals surface area contributed by atoms with Crippen molar-refractivity contribution in [1.29, 1.82) is 0 Å². The standard InChI is InChI=1S/C30H32N4O2S/c1-22-12-13-24(23(2)20-22)21-37-30-31-27-11-7-6-10-26(27)29(36)34(30)15-14-28(35)33-18-16-32(17-19-33)25-8-4-3-5-9-25/h3-13,20H,14-19,21H2,1-2H3. The molecule has 1 saturated heterocycles. The third-order valence-corrected chi connectivity index (χ3v) is 8.01. The second-order valence-electron chi connectivity index (χ2n) is 9.54. The Hall–Kier alpha value is -3.58. The first-order valence-corrected chi connectivity index (χ1v) is 13.7. The van der Waals surface area contributed by atoms with E-state index in [1.54, 1.807) is 16.3 Å². The number of piperazine rings is 1. The van der Waals surface area contributed by atoms with Gasteiger partial charge in [0.15, 0.2) is 5.16 Å². The Bertz CT molecular complexity index is 1460. The lowest BCUT2D eigenvalue weighted by molar-refractivity contribution is -0.131. The van der Waals surface area contributed by atoms with E-state index in [1.165, 1.54) is 22.4 Å². The predicted molar refractivity (Wildman–Crippen MR) is 151 cm³/mol. The summed E-state index contributed by atoms with van der Waals surface area (Å²) in [7, 11) is 0. The summed E-state index contributed by atoms with van der Waals surface area (Å²) in [5.74, 6) is 0.796. The van der Waals surface area contributed by atoms with Gasteiger partial charge in [-0.05, 0) is 49.2 Å². The average molecular weight is 513 g/mol. The van der Waals surface area contributed by atoms with Crippen LogP contribution in [-0.4, -0.2) is 46.5 Å². The maximum atomic E-state index is 13.4. The van der Waals surface area contributed by atoms with E-state index in [0.29, 0.717) is 41.4 Å². The van der Waals surface area contributed by atoms with E-state index in [0.717, 1.165) is 13.1 Å². The highest BCUT2D eigenvalue weighted by molar-refractivity contribution is 7.98. The first-order chi connectivity index (χ1) is 18.0. The number of fused-ring (bicyclic) bond motifs is 1. The Morgan fingerprint density at radius 3 is 2.41 bits per heavy atom. The van der Waals surface area contributed by atoms with Crippen molar-refractivity contribution < 1.29 is 4.79 Å². The molecule has 1 amide bonds. The highest BCUT2D eigenvalue weighted by Crippen LogP contribution is 2.25. The maximum absolute atomic E-state index is 13.4. The summed E-state index contributed by atoms with van der Waals surface area (Å²) in [6, 6.07) is 24.2. The van der Waals surface area contributed by atoms with Crippen molar-refractivity contribution in [3.05, 3.63) is 99.8 Å². The van der Waals surface area contributed by atoms with E-state index in [1.807, 2.05) is 47.4 Å². The number of carbonyl (C=O) groups is 1. The fourth-order valence-corrected chi connectivity index (χ4v) is 5.92. The highest BCUT2D eigenvalue weighted by Gasteiger charge is 2.22. The molecule has 1 fully saturated rings. The molecule has 0 aliphatic carbocycles. The van der Waals surface area contributed by atoms with Crippen LogP contribution in [0.3, 0.4) is 0 Å². The van der Waals surface area contributed by atoms with Crippen LogP contribution in [0.15, 0.2) is 82.7 Å². The van der Waals surface area contributed by atoms with Gasteiger partial charge < -0.3 is 9.80 Å². The lowest BCUT2D eigenvalue weighted by atomic mass is 10.1. The lowest BCUT2D eigenvalue weighted by Crippen LogP contribution is -2.49. The number of hydrogen-bond donors (Lipinski definition) is 0. The molecule has 0 unspecified atom stereocenters. The molecular formula is C30H32N4O2S. The van der Waals surface area contributed by atoms with Gasteiger partial charge in [0.1, 0.15) is 0 Å². The summed E-state index contributed by atoms with van der Waals surface area (Å²) >= 11 is 1.55. The fourth-order valence-electron chi connectivity index (χ4n) is 4.82. The number of carbonyl (C=O) groups excluding carboxylic acids is 1. The molecule has 5 rings (SSSR count). The minimum Gasteiger partial charge on any atom is -0.368 e. The molecular weight excluding hydrogens is 480 g/mol. The first kappa shape index (κ1) is 25.1. The molecule has 190 valence electrons. The van der Waals surface area contributed by atoms with Gasteiger partial charge in [-0.2, -0.15) is 0 Å². The molecule has 1 aliphatic heterocycles. The molecule has 1 aromatic heterocycles. The quantitative estimate of drug-likeness (QED) is 0.256. The van der Waals surface area contributed by atoms with Gasteiger partial charge in [-0.3, -0.25) is 14.2 Å². The number of aryl methyl sites for hydroxylation is 2. The number of benzene rings is 3. The molecule has 0 N–H and O–H groups in total. The van der Waals surface area contributed by atoms with Crippen molar-refractivity contribution in [1.82, 2.24) is 14.5 Å². The van der Waals surface area contributed by atoms with Gasteiger partial charge in [-0.1, -0.05) is 65.9 Å². The van der Waals surface area contributed by atoms with Crippen LogP contribution < -0.4 is 10.5 Å². The molecule has 2 heterocycles. The minimum atomic E-state index is -0.0876. The molecule has 0 spiro atoms. The third kappa shape index (κ3) is 5.72. The van der Waals surface area contributed by atoms with Crippen molar-refractivity contribution in [3.8, 4) is 0 Å². The summed E-state index contributed by atoms with van der Waals surface area (Å²) in [6.45, 7) is 7.52. The SMILES string of the molecule is Cc1ccc(CSc2nc3ccccc3c(=O)n2CCC(=O)N2CCN(c3ccccc3)CC2)c(C)c1. The number of rotatable bonds is 7. The van der Waals surface area contributed by atoms with Crippen LogP contribution >= 0.6 is 11.8 Å². The van der Waals surface area contributed by atoms with Crippen LogP contribution in [0, 0.1) is 13.8 Å². The van der Waals surface area contributed by atoms with Crippen LogP contribution in [-0.2, 0) is 17.1 Å². The number of nitrogens with zero attached hydrogens (tertiary/aromatic N) is 4. The smallest absolute Gasteiger partial charge is 0.262 e. The zero-order chi connectivity index (χ0) is 25.8. The van der Waals surface area contributed by atoms with Crippen LogP contribution in [0.25, 0.3) is 10.9 Å². The van der Waals surface area contributed by atoms with Crippen molar-refractivity contribution in [3.63, 3.8) is 0 Å². The van der Waals surface area contributed by atoms with Crippen LogP contribution in [0.1, 0.15) is 23.1 Å². The third-order valence-electron chi connectivity index (χ3n) is 6.98. The van der Waals surface area contributed by atoms with Crippen molar-refractivity contribution in [2.24, 2.45) is 0 Å². The van der Waals surface area contributed by atoms with Gasteiger partial charge >= 0.3 is 0 Å². The van der Waals surface area contributed by atoms with E-state index in [-0.39, 0.29) is 17.9 Å². The van der Waals surface area contributed by atoms with Gasteiger partial charge in [0.25, 0.3) is 5.56 Å². The van der Waals surface area contributed by atoms with Crippen molar-refractivity contribution >= 4 is 34.3 Å². The summed E-state index contributed by atoms with van der Waals surface area (Å²) in [5, 5.41) is 1.24. The van der Waals surface area contributed by atoms with Gasteiger partial charge in [-0.15, -0.1) is 0 Å². The summed E-state index contributed by atoms with van der Waals surface area (Å²) in [6.07, 6.45) is 0.280. The zero-order valence-electron chi connectivity index (χ0n) is 21.4. The van der Waals surface area contributed by atoms with E-state index >= 15 is 0 Å². The largest absolute Gasteiger partial charge is 0.368 e. The van der Waals surface area contributed by atoms with E-state index in [4.69, 9.17) is 4.98 Å². The number of aromatic nitrogens is 2. The summed E-state index contributed by atoms with van der Waals surface area (Å²) in [4.78, 5) is 35.6. The van der Waals surface area contributed by atoms with Crippen molar-refractivity contribution in [2.75, 3.05) is 31.1 Å². The Kier molecular flexibility index (Phi) is 7.60. The second-order valence-corrected chi connectivity index (χ2v) is 10.5. The van der Waals surface area contributed by atoms with E-state index in [2.05, 4.69) is 49.1 Å². The summed E-state index contributed by atoms with van der Waals surface area (Å²) < 4.78 is 1.69. The molecule has 6 nitrogen and oxygen atoms in total. The molecule has 0 atom stereocenters. The molecule has 4 aromatic rings. The lowest BCUT2D eigenvalue weighted by Gasteiger charge is -2.36. The van der Waals surface area contributed by atoms with E-state index in [9.17, 15) is 9.59 Å². The van der Waals surface area contributed by atoms with Crippen LogP contribution in [0.4, 0.5) is 5.69 Å². The number of para-hydroxylation sites is 2. The minimum absolute atomic E-state index is 0.0816. The zero-order valence-corrected chi connectivity index (χ0v) is 22.2. The molecule has 37 heavy (non-hydrogen) atoms. The Balaban J connectivity index is 1.30. The number of amides is 1. The Labute approximate surface area is 221 Å². The average Bonchev–Trinajstić information content (AvgIpc) is 2.92. The van der Waals surface area contributed by atoms with E-state index < -0.39 is 0 Å². The monoisotopic (exact) mass is 512 g/mol. The van der Waals surface area contributed by atoms with Crippen LogP contribution in [0.5, 0.6) is 0 Å². The van der Waals surface area contributed by atoms with Gasteiger partial charge in [-0.25, -0.2) is 4.98 Å². The van der Waals surface area contributed by atoms with Gasteiger partial charge in [0.05, 0.1) is 10.9 Å². The Morgan fingerprint density at radius 1 is 0.919 bits per heavy atom. The first-order valence-electron chi connectivity index (χ1n) is 12.8. The van der Waals surface area contributed by atoms with Gasteiger partial charge in [0.2, 0.25) is 5.91 Å². The Morgan fingerprint density at radius 2 is 1.65 bits per heavy atom. The topological polar surface area (TPSA) is 58.4 Å². The molecule has 0 bridgehead atoms. The molecule has 0 radical (unpaired) electrons. The maximum Gasteiger partial charge on any atom is 0.262 e. The molecule has 0 saturated carbocycles. The molecule has 3 aromatic carbocycles. The predicted octanol–water partition coefficient (Wildman–Crippen LogP) is 5.04. The number of anilines is 1.